The fourth-order valence-corrected chi connectivity index (χ4v) is 3.32. The van der Waals surface area contributed by atoms with Crippen LogP contribution in [0, 0.1) is 4.91 Å². The molecule has 8 heteroatoms. The molecule has 0 aliphatic carbocycles. The number of nitrogens with one attached hydrogen (secondary N) is 1. The van der Waals surface area contributed by atoms with Crippen LogP contribution in [0.2, 0.25) is 5.02 Å². The van der Waals surface area contributed by atoms with E-state index in [0.717, 1.165) is 16.7 Å². The van der Waals surface area contributed by atoms with Crippen LogP contribution < -0.4 is 10.1 Å². The highest BCUT2D eigenvalue weighted by Gasteiger charge is 2.08. The van der Waals surface area contributed by atoms with Crippen LogP contribution in [0.15, 0.2) is 90.2 Å². The maximum atomic E-state index is 12.4. The zero-order chi connectivity index (χ0) is 23.2. The Balaban J connectivity index is 1.34. The highest BCUT2D eigenvalue weighted by molar-refractivity contribution is 6.30. The van der Waals surface area contributed by atoms with Crippen molar-refractivity contribution in [3.05, 3.63) is 101 Å². The summed E-state index contributed by atoms with van der Waals surface area (Å²) in [7, 11) is 0. The first-order valence-corrected chi connectivity index (χ1v) is 10.3. The maximum absolute atomic E-state index is 12.4. The third-order valence-corrected chi connectivity index (χ3v) is 4.99. The van der Waals surface area contributed by atoms with Crippen molar-refractivity contribution in [1.82, 2.24) is 4.98 Å². The zero-order valence-corrected chi connectivity index (χ0v) is 18.0. The minimum Gasteiger partial charge on any atom is -0.505 e. The third kappa shape index (κ3) is 5.72. The van der Waals surface area contributed by atoms with Crippen LogP contribution in [0.3, 0.4) is 0 Å². The molecule has 0 aliphatic rings. The topological polar surface area (TPSA) is 101 Å². The minimum atomic E-state index is -0.259. The minimum absolute atomic E-state index is 0.0581. The molecule has 0 unspecified atom stereocenters. The summed E-state index contributed by atoms with van der Waals surface area (Å²) >= 11 is 6.03. The summed E-state index contributed by atoms with van der Waals surface area (Å²) in [5.74, 6) is 0.874. The summed E-state index contributed by atoms with van der Waals surface area (Å²) in [6.45, 7) is 0. The van der Waals surface area contributed by atoms with Gasteiger partial charge in [0.1, 0.15) is 28.8 Å². The first-order chi connectivity index (χ1) is 16.0. The number of carbonyl (C=O) groups is 1. The van der Waals surface area contributed by atoms with E-state index in [1.807, 2.05) is 24.3 Å². The molecule has 0 bridgehead atoms. The second-order valence-electron chi connectivity index (χ2n) is 7.16. The number of ether oxygens (including phenoxy) is 1. The number of nitrogens with zero attached hydrogens (tertiary/aromatic N) is 2. The summed E-state index contributed by atoms with van der Waals surface area (Å²) in [4.78, 5) is 27.2. The standard InChI is InChI=1S/C25H18ClN3O4/c26-19-3-1-2-17(13-19)18-6-11-24(27-15-18)28-25(31)12-16-4-7-20(8-5-16)33-21-9-10-22(29-32)23(30)14-21/h1-11,13-15,30H,12H2,(H,27,28,31). The Bertz CT molecular complexity index is 1290. The predicted octanol–water partition coefficient (Wildman–Crippen LogP) is 6.48. The van der Waals surface area contributed by atoms with E-state index < -0.39 is 0 Å². The van der Waals surface area contributed by atoms with Crippen LogP contribution in [0.4, 0.5) is 11.5 Å². The summed E-state index contributed by atoms with van der Waals surface area (Å²) in [6.07, 6.45) is 1.85. The lowest BCUT2D eigenvalue weighted by Gasteiger charge is -2.08. The Hall–Kier alpha value is -4.23. The van der Waals surface area contributed by atoms with Crippen LogP contribution in [0.1, 0.15) is 5.56 Å². The van der Waals surface area contributed by atoms with Crippen molar-refractivity contribution in [1.29, 1.82) is 0 Å². The van der Waals surface area contributed by atoms with Gasteiger partial charge in [0.05, 0.1) is 6.42 Å². The number of hydrogen-bond acceptors (Lipinski definition) is 6. The highest BCUT2D eigenvalue weighted by atomic mass is 35.5. The predicted molar refractivity (Wildman–Crippen MR) is 127 cm³/mol. The van der Waals surface area contributed by atoms with Crippen LogP contribution in [-0.2, 0) is 11.2 Å². The number of aromatic nitrogens is 1. The van der Waals surface area contributed by atoms with Crippen molar-refractivity contribution in [3.63, 3.8) is 0 Å². The Morgan fingerprint density at radius 3 is 2.42 bits per heavy atom. The van der Waals surface area contributed by atoms with Gasteiger partial charge in [0, 0.05) is 22.8 Å². The van der Waals surface area contributed by atoms with Gasteiger partial charge in [-0.1, -0.05) is 35.9 Å². The van der Waals surface area contributed by atoms with Crippen molar-refractivity contribution >= 4 is 29.0 Å². The second kappa shape index (κ2) is 9.93. The van der Waals surface area contributed by atoms with Gasteiger partial charge in [-0.25, -0.2) is 4.98 Å². The largest absolute Gasteiger partial charge is 0.505 e. The molecule has 1 amide bonds. The molecular weight excluding hydrogens is 442 g/mol. The van der Waals surface area contributed by atoms with Crippen molar-refractivity contribution < 1.29 is 14.6 Å². The van der Waals surface area contributed by atoms with Crippen LogP contribution in [-0.4, -0.2) is 16.0 Å². The van der Waals surface area contributed by atoms with Gasteiger partial charge in [0.25, 0.3) is 0 Å². The first-order valence-electron chi connectivity index (χ1n) is 9.95. The average molecular weight is 460 g/mol. The van der Waals surface area contributed by atoms with E-state index in [4.69, 9.17) is 16.3 Å². The van der Waals surface area contributed by atoms with E-state index in [0.29, 0.717) is 22.3 Å². The fraction of sp³-hybridized carbons (Fsp3) is 0.0400. The lowest BCUT2D eigenvalue weighted by Crippen LogP contribution is -2.15. The molecule has 0 atom stereocenters. The SMILES string of the molecule is O=Nc1ccc(Oc2ccc(CC(=O)Nc3ccc(-c4cccc(Cl)c4)cn3)cc2)cc1O. The van der Waals surface area contributed by atoms with E-state index in [1.165, 1.54) is 18.2 Å². The molecule has 33 heavy (non-hydrogen) atoms. The number of benzene rings is 3. The fourth-order valence-electron chi connectivity index (χ4n) is 3.13. The average Bonchev–Trinajstić information content (AvgIpc) is 2.81. The molecular formula is C25H18ClN3O4. The number of phenolic OH excluding ortho intramolecular Hbond substituents is 1. The molecule has 0 saturated heterocycles. The van der Waals surface area contributed by atoms with Crippen molar-refractivity contribution in [3.8, 4) is 28.4 Å². The molecule has 2 N–H and O–H groups in total. The lowest BCUT2D eigenvalue weighted by molar-refractivity contribution is -0.115. The Labute approximate surface area is 194 Å². The first kappa shape index (κ1) is 22.0. The molecule has 4 rings (SSSR count). The molecule has 4 aromatic rings. The van der Waals surface area contributed by atoms with Gasteiger partial charge < -0.3 is 15.2 Å². The summed E-state index contributed by atoms with van der Waals surface area (Å²) in [6, 6.07) is 22.2. The van der Waals surface area contributed by atoms with Crippen LogP contribution in [0.5, 0.6) is 17.2 Å². The number of amides is 1. The molecule has 0 saturated carbocycles. The van der Waals surface area contributed by atoms with Gasteiger partial charge in [0.15, 0.2) is 0 Å². The summed E-state index contributed by atoms with van der Waals surface area (Å²) in [5, 5.41) is 15.8. The molecule has 1 heterocycles. The normalized spacial score (nSPS) is 10.5. The molecule has 1 aromatic heterocycles. The number of carbonyl (C=O) groups excluding carboxylic acids is 1. The summed E-state index contributed by atoms with van der Waals surface area (Å²) in [5.41, 5.74) is 2.58. The van der Waals surface area contributed by atoms with Gasteiger partial charge in [-0.15, -0.1) is 4.91 Å². The van der Waals surface area contributed by atoms with E-state index in [2.05, 4.69) is 15.5 Å². The molecule has 0 fully saturated rings. The molecule has 7 nitrogen and oxygen atoms in total. The number of phenols is 1. The smallest absolute Gasteiger partial charge is 0.229 e. The quantitative estimate of drug-likeness (QED) is 0.308. The van der Waals surface area contributed by atoms with E-state index in [1.54, 1.807) is 42.6 Å². The lowest BCUT2D eigenvalue weighted by atomic mass is 10.1. The van der Waals surface area contributed by atoms with Gasteiger partial charge in [-0.3, -0.25) is 4.79 Å². The number of anilines is 1. The van der Waals surface area contributed by atoms with Crippen LogP contribution in [0.25, 0.3) is 11.1 Å². The van der Waals surface area contributed by atoms with Crippen LogP contribution >= 0.6 is 11.6 Å². The Kier molecular flexibility index (Phi) is 6.61. The van der Waals surface area contributed by atoms with E-state index in [9.17, 15) is 14.8 Å². The van der Waals surface area contributed by atoms with Crippen molar-refractivity contribution in [2.24, 2.45) is 5.18 Å². The van der Waals surface area contributed by atoms with Gasteiger partial charge in [-0.2, -0.15) is 0 Å². The second-order valence-corrected chi connectivity index (χ2v) is 7.59. The van der Waals surface area contributed by atoms with Crippen molar-refractivity contribution in [2.45, 2.75) is 6.42 Å². The zero-order valence-electron chi connectivity index (χ0n) is 17.2. The monoisotopic (exact) mass is 459 g/mol. The number of pyridine rings is 1. The molecule has 3 aromatic carbocycles. The molecule has 0 aliphatic heterocycles. The van der Waals surface area contributed by atoms with Gasteiger partial charge in [0.2, 0.25) is 5.91 Å². The number of nitroso groups, excluding NO2 is 1. The van der Waals surface area contributed by atoms with Crippen molar-refractivity contribution in [2.75, 3.05) is 5.32 Å². The number of aromatic hydroxyl groups is 1. The van der Waals surface area contributed by atoms with Gasteiger partial charge >= 0.3 is 0 Å². The Morgan fingerprint density at radius 2 is 1.76 bits per heavy atom. The van der Waals surface area contributed by atoms with E-state index in [-0.39, 0.29) is 23.8 Å². The van der Waals surface area contributed by atoms with Gasteiger partial charge in [-0.05, 0) is 64.8 Å². The molecule has 0 radical (unpaired) electrons. The number of hydrogen-bond donors (Lipinski definition) is 2. The molecule has 164 valence electrons. The maximum Gasteiger partial charge on any atom is 0.229 e. The number of halogens is 1. The third-order valence-electron chi connectivity index (χ3n) is 4.76. The summed E-state index contributed by atoms with van der Waals surface area (Å²) < 4.78 is 5.65. The number of rotatable bonds is 7. The highest BCUT2D eigenvalue weighted by Crippen LogP contribution is 2.32. The Morgan fingerprint density at radius 1 is 0.970 bits per heavy atom. The molecule has 0 spiro atoms. The van der Waals surface area contributed by atoms with E-state index >= 15 is 0 Å².